The van der Waals surface area contributed by atoms with Crippen molar-refractivity contribution in [2.75, 3.05) is 11.9 Å². The summed E-state index contributed by atoms with van der Waals surface area (Å²) in [5, 5.41) is 13.5. The number of pyridine rings is 1. The number of hydrogen-bond acceptors (Lipinski definition) is 4. The lowest BCUT2D eigenvalue weighted by Gasteiger charge is -2.07. The molecule has 0 fully saturated rings. The van der Waals surface area contributed by atoms with Crippen LogP contribution in [0.15, 0.2) is 24.4 Å². The molecule has 1 aromatic heterocycles. The predicted octanol–water partition coefficient (Wildman–Crippen LogP) is 2.29. The quantitative estimate of drug-likeness (QED) is 0.467. The number of aryl methyl sites for hydroxylation is 1. The van der Waals surface area contributed by atoms with Gasteiger partial charge in [-0.3, -0.25) is 10.1 Å². The normalized spacial score (nSPS) is 9.73. The summed E-state index contributed by atoms with van der Waals surface area (Å²) in [6.07, 6.45) is 1.24. The highest BCUT2D eigenvalue weighted by molar-refractivity contribution is 5.48. The summed E-state index contributed by atoms with van der Waals surface area (Å²) >= 11 is 0. The summed E-state index contributed by atoms with van der Waals surface area (Å²) in [5.74, 6) is 0.656. The van der Waals surface area contributed by atoms with Crippen LogP contribution in [-0.4, -0.2) is 16.5 Å². The van der Waals surface area contributed by atoms with Gasteiger partial charge >= 0.3 is 0 Å². The van der Waals surface area contributed by atoms with Crippen LogP contribution in [-0.2, 0) is 0 Å². The van der Waals surface area contributed by atoms with E-state index in [0.29, 0.717) is 12.4 Å². The van der Waals surface area contributed by atoms with Gasteiger partial charge in [0.05, 0.1) is 4.92 Å². The van der Waals surface area contributed by atoms with Crippen LogP contribution in [0.1, 0.15) is 12.5 Å². The Kier molecular flexibility index (Phi) is 3.38. The van der Waals surface area contributed by atoms with E-state index in [1.165, 1.54) is 12.3 Å². The van der Waals surface area contributed by atoms with E-state index in [0.717, 1.165) is 11.1 Å². The van der Waals surface area contributed by atoms with E-state index >= 15 is 0 Å². The lowest BCUT2D eigenvalue weighted by atomic mass is 10.2. The fourth-order valence-electron chi connectivity index (χ4n) is 1.08. The first-order valence-corrected chi connectivity index (χ1v) is 4.50. The van der Waals surface area contributed by atoms with E-state index in [1.54, 1.807) is 6.92 Å². The fraction of sp³-hybridized carbons (Fsp3) is 0.300. The van der Waals surface area contributed by atoms with Gasteiger partial charge in [-0.25, -0.2) is 4.98 Å². The van der Waals surface area contributed by atoms with Crippen molar-refractivity contribution in [1.82, 2.24) is 4.98 Å². The van der Waals surface area contributed by atoms with Crippen molar-refractivity contribution in [2.45, 2.75) is 13.8 Å². The molecule has 1 aromatic rings. The Morgan fingerprint density at radius 1 is 1.73 bits per heavy atom. The molecule has 1 heterocycles. The number of hydrogen-bond donors (Lipinski definition) is 1. The fourth-order valence-corrected chi connectivity index (χ4v) is 1.08. The second-order valence-corrected chi connectivity index (χ2v) is 3.43. The summed E-state index contributed by atoms with van der Waals surface area (Å²) in [5.41, 5.74) is 1.74. The second kappa shape index (κ2) is 4.54. The molecule has 0 saturated heterocycles. The van der Waals surface area contributed by atoms with Crippen molar-refractivity contribution >= 4 is 11.5 Å². The van der Waals surface area contributed by atoms with Gasteiger partial charge in [0.25, 0.3) is 5.69 Å². The average Bonchev–Trinajstić information content (AvgIpc) is 2.15. The first kappa shape index (κ1) is 11.2. The van der Waals surface area contributed by atoms with Gasteiger partial charge in [0.1, 0.15) is 12.0 Å². The highest BCUT2D eigenvalue weighted by atomic mass is 16.6. The zero-order valence-electron chi connectivity index (χ0n) is 8.78. The summed E-state index contributed by atoms with van der Waals surface area (Å²) < 4.78 is 0. The molecule has 5 nitrogen and oxygen atoms in total. The van der Waals surface area contributed by atoms with E-state index < -0.39 is 4.92 Å². The van der Waals surface area contributed by atoms with E-state index in [-0.39, 0.29) is 5.69 Å². The van der Waals surface area contributed by atoms with Crippen molar-refractivity contribution in [1.29, 1.82) is 0 Å². The molecule has 0 aliphatic heterocycles. The van der Waals surface area contributed by atoms with Gasteiger partial charge in [0.15, 0.2) is 0 Å². The van der Waals surface area contributed by atoms with Crippen LogP contribution in [0.4, 0.5) is 11.5 Å². The molecule has 0 bridgehead atoms. The summed E-state index contributed by atoms with van der Waals surface area (Å²) in [6.45, 7) is 8.04. The van der Waals surface area contributed by atoms with Crippen molar-refractivity contribution in [2.24, 2.45) is 0 Å². The van der Waals surface area contributed by atoms with E-state index in [1.807, 2.05) is 6.92 Å². The molecule has 0 amide bonds. The third-order valence-electron chi connectivity index (χ3n) is 1.83. The van der Waals surface area contributed by atoms with Crippen LogP contribution < -0.4 is 5.32 Å². The molecule has 0 unspecified atom stereocenters. The first-order valence-electron chi connectivity index (χ1n) is 4.50. The van der Waals surface area contributed by atoms with Gasteiger partial charge in [0.2, 0.25) is 0 Å². The molecule has 5 heteroatoms. The topological polar surface area (TPSA) is 68.1 Å². The van der Waals surface area contributed by atoms with Gasteiger partial charge in [-0.05, 0) is 19.4 Å². The lowest BCUT2D eigenvalue weighted by Crippen LogP contribution is -2.05. The van der Waals surface area contributed by atoms with Crippen LogP contribution in [0.25, 0.3) is 0 Å². The minimum Gasteiger partial charge on any atom is -0.366 e. The smallest absolute Gasteiger partial charge is 0.287 e. The van der Waals surface area contributed by atoms with Gasteiger partial charge < -0.3 is 5.32 Å². The Hall–Kier alpha value is -1.91. The molecular weight excluding hydrogens is 194 g/mol. The zero-order valence-corrected chi connectivity index (χ0v) is 8.78. The second-order valence-electron chi connectivity index (χ2n) is 3.43. The van der Waals surface area contributed by atoms with E-state index in [9.17, 15) is 10.1 Å². The highest BCUT2D eigenvalue weighted by Crippen LogP contribution is 2.17. The van der Waals surface area contributed by atoms with Gasteiger partial charge in [-0.2, -0.15) is 0 Å². The number of nitrogens with zero attached hydrogens (tertiary/aromatic N) is 2. The number of nitrogens with one attached hydrogen (secondary N) is 1. The summed E-state index contributed by atoms with van der Waals surface area (Å²) in [7, 11) is 0. The molecular formula is C10H13N3O2. The van der Waals surface area contributed by atoms with Crippen LogP contribution in [0, 0.1) is 17.0 Å². The Morgan fingerprint density at radius 3 is 2.87 bits per heavy atom. The maximum Gasteiger partial charge on any atom is 0.287 e. The third-order valence-corrected chi connectivity index (χ3v) is 1.83. The van der Waals surface area contributed by atoms with Crippen LogP contribution >= 0.6 is 0 Å². The lowest BCUT2D eigenvalue weighted by molar-refractivity contribution is -0.385. The van der Waals surface area contributed by atoms with E-state index in [4.69, 9.17) is 0 Å². The molecule has 0 atom stereocenters. The zero-order chi connectivity index (χ0) is 11.4. The van der Waals surface area contributed by atoms with Crippen molar-refractivity contribution < 1.29 is 4.92 Å². The molecule has 0 spiro atoms. The Labute approximate surface area is 88.0 Å². The van der Waals surface area contributed by atoms with Gasteiger partial charge in [0, 0.05) is 12.6 Å². The average molecular weight is 207 g/mol. The standard InChI is InChI=1S/C10H13N3O2/c1-7(2)5-11-10-8(3)4-9(6-12-10)13(14)15/h4,6H,1,5H2,2-3H3,(H,11,12). The van der Waals surface area contributed by atoms with Gasteiger partial charge in [-0.1, -0.05) is 12.2 Å². The van der Waals surface area contributed by atoms with Crippen LogP contribution in [0.5, 0.6) is 0 Å². The Balaban J connectivity index is 2.83. The first-order chi connectivity index (χ1) is 7.00. The minimum absolute atomic E-state index is 0.00775. The maximum absolute atomic E-state index is 10.5. The van der Waals surface area contributed by atoms with Crippen LogP contribution in [0.3, 0.4) is 0 Å². The van der Waals surface area contributed by atoms with E-state index in [2.05, 4.69) is 16.9 Å². The Bertz CT molecular complexity index is 402. The third kappa shape index (κ3) is 3.05. The SMILES string of the molecule is C=C(C)CNc1ncc([N+](=O)[O-])cc1C. The number of nitro groups is 1. The molecule has 1 N–H and O–H groups in total. The molecule has 80 valence electrons. The maximum atomic E-state index is 10.5. The van der Waals surface area contributed by atoms with Crippen molar-refractivity contribution in [3.05, 3.63) is 40.1 Å². The molecule has 15 heavy (non-hydrogen) atoms. The molecule has 0 saturated carbocycles. The molecule has 1 rings (SSSR count). The summed E-state index contributed by atoms with van der Waals surface area (Å²) in [4.78, 5) is 14.0. The minimum atomic E-state index is -0.456. The largest absolute Gasteiger partial charge is 0.366 e. The number of rotatable bonds is 4. The summed E-state index contributed by atoms with van der Waals surface area (Å²) in [6, 6.07) is 1.49. The van der Waals surface area contributed by atoms with Crippen LogP contribution in [0.2, 0.25) is 0 Å². The van der Waals surface area contributed by atoms with Crippen molar-refractivity contribution in [3.63, 3.8) is 0 Å². The Morgan fingerprint density at radius 2 is 2.40 bits per heavy atom. The molecule has 0 aromatic carbocycles. The monoisotopic (exact) mass is 207 g/mol. The number of anilines is 1. The molecule has 0 aliphatic carbocycles. The molecule has 0 aliphatic rings. The highest BCUT2D eigenvalue weighted by Gasteiger charge is 2.08. The molecule has 0 radical (unpaired) electrons. The van der Waals surface area contributed by atoms with Crippen molar-refractivity contribution in [3.8, 4) is 0 Å². The predicted molar refractivity (Wildman–Crippen MR) is 58.9 cm³/mol. The number of aromatic nitrogens is 1. The van der Waals surface area contributed by atoms with Gasteiger partial charge in [-0.15, -0.1) is 0 Å².